The second-order valence-electron chi connectivity index (χ2n) is 4.72. The minimum Gasteiger partial charge on any atom is -0.324 e. The molecule has 78 valence electrons. The Balaban J connectivity index is 2.17. The van der Waals surface area contributed by atoms with Gasteiger partial charge in [-0.1, -0.05) is 26.2 Å². The molecular weight excluding hydrogens is 160 g/mol. The number of nitrogens with one attached hydrogen (secondary N) is 1. The van der Waals surface area contributed by atoms with Crippen LogP contribution in [0.2, 0.25) is 0 Å². The highest BCUT2D eigenvalue weighted by Gasteiger charge is 2.18. The summed E-state index contributed by atoms with van der Waals surface area (Å²) >= 11 is 0. The quantitative estimate of drug-likeness (QED) is 0.701. The van der Waals surface area contributed by atoms with Gasteiger partial charge in [0, 0.05) is 18.1 Å². The van der Waals surface area contributed by atoms with E-state index in [1.165, 1.54) is 32.1 Å². The molecule has 1 fully saturated rings. The van der Waals surface area contributed by atoms with Crippen molar-refractivity contribution in [1.29, 1.82) is 0 Å². The van der Waals surface area contributed by atoms with Crippen LogP contribution in [-0.2, 0) is 0 Å². The van der Waals surface area contributed by atoms with E-state index in [9.17, 15) is 0 Å². The molecule has 2 nitrogen and oxygen atoms in total. The average Bonchev–Trinajstić information content (AvgIpc) is 2.17. The first-order valence-corrected chi connectivity index (χ1v) is 5.66. The SMILES string of the molecule is CCC(C)(N)CNC1CCCCC1. The third kappa shape index (κ3) is 4.10. The molecule has 1 unspecified atom stereocenters. The lowest BCUT2D eigenvalue weighted by molar-refractivity contribution is 0.327. The maximum atomic E-state index is 6.07. The summed E-state index contributed by atoms with van der Waals surface area (Å²) < 4.78 is 0. The van der Waals surface area contributed by atoms with E-state index < -0.39 is 0 Å². The van der Waals surface area contributed by atoms with Crippen LogP contribution in [0.25, 0.3) is 0 Å². The highest BCUT2D eigenvalue weighted by atomic mass is 15.0. The van der Waals surface area contributed by atoms with Crippen molar-refractivity contribution in [2.75, 3.05) is 6.54 Å². The van der Waals surface area contributed by atoms with Crippen LogP contribution in [0.4, 0.5) is 0 Å². The van der Waals surface area contributed by atoms with Gasteiger partial charge in [-0.05, 0) is 26.2 Å². The molecule has 0 saturated heterocycles. The van der Waals surface area contributed by atoms with Crippen molar-refractivity contribution in [3.05, 3.63) is 0 Å². The molecular formula is C11H24N2. The zero-order valence-corrected chi connectivity index (χ0v) is 9.10. The van der Waals surface area contributed by atoms with Crippen LogP contribution >= 0.6 is 0 Å². The third-order valence-corrected chi connectivity index (χ3v) is 3.21. The summed E-state index contributed by atoms with van der Waals surface area (Å²) in [6.45, 7) is 5.25. The Bertz CT molecular complexity index is 137. The van der Waals surface area contributed by atoms with Gasteiger partial charge in [0.15, 0.2) is 0 Å². The Morgan fingerprint density at radius 1 is 1.31 bits per heavy atom. The second-order valence-corrected chi connectivity index (χ2v) is 4.72. The maximum absolute atomic E-state index is 6.07. The Morgan fingerprint density at radius 3 is 2.46 bits per heavy atom. The highest BCUT2D eigenvalue weighted by Crippen LogP contribution is 2.17. The van der Waals surface area contributed by atoms with Gasteiger partial charge in [0.1, 0.15) is 0 Å². The summed E-state index contributed by atoms with van der Waals surface area (Å²) in [5.74, 6) is 0. The summed E-state index contributed by atoms with van der Waals surface area (Å²) in [5.41, 5.74) is 6.05. The van der Waals surface area contributed by atoms with Crippen LogP contribution in [-0.4, -0.2) is 18.1 Å². The monoisotopic (exact) mass is 184 g/mol. The summed E-state index contributed by atoms with van der Waals surface area (Å²) in [5, 5.41) is 3.59. The van der Waals surface area contributed by atoms with Crippen LogP contribution in [0.3, 0.4) is 0 Å². The van der Waals surface area contributed by atoms with E-state index in [-0.39, 0.29) is 5.54 Å². The van der Waals surface area contributed by atoms with Crippen LogP contribution in [0.1, 0.15) is 52.4 Å². The normalized spacial score (nSPS) is 24.2. The van der Waals surface area contributed by atoms with Crippen molar-refractivity contribution in [2.24, 2.45) is 5.73 Å². The molecule has 0 aromatic carbocycles. The molecule has 0 amide bonds. The second kappa shape index (κ2) is 4.97. The zero-order chi connectivity index (χ0) is 9.73. The molecule has 0 aromatic heterocycles. The predicted octanol–water partition coefficient (Wildman–Crippen LogP) is 2.04. The standard InChI is InChI=1S/C11H24N2/c1-3-11(2,12)9-13-10-7-5-4-6-8-10/h10,13H,3-9,12H2,1-2H3. The first-order valence-electron chi connectivity index (χ1n) is 5.66. The topological polar surface area (TPSA) is 38.0 Å². The largest absolute Gasteiger partial charge is 0.324 e. The lowest BCUT2D eigenvalue weighted by Crippen LogP contribution is -2.48. The van der Waals surface area contributed by atoms with Crippen LogP contribution in [0.15, 0.2) is 0 Å². The van der Waals surface area contributed by atoms with Crippen molar-refractivity contribution in [3.8, 4) is 0 Å². The van der Waals surface area contributed by atoms with Crippen molar-refractivity contribution >= 4 is 0 Å². The van der Waals surface area contributed by atoms with Crippen molar-refractivity contribution in [3.63, 3.8) is 0 Å². The van der Waals surface area contributed by atoms with Gasteiger partial charge in [0.25, 0.3) is 0 Å². The molecule has 0 aliphatic heterocycles. The van der Waals surface area contributed by atoms with Gasteiger partial charge in [0.05, 0.1) is 0 Å². The Labute approximate surface area is 82.3 Å². The molecule has 1 aliphatic rings. The van der Waals surface area contributed by atoms with E-state index in [0.717, 1.165) is 19.0 Å². The van der Waals surface area contributed by atoms with Gasteiger partial charge in [-0.2, -0.15) is 0 Å². The van der Waals surface area contributed by atoms with Crippen LogP contribution < -0.4 is 11.1 Å². The smallest absolute Gasteiger partial charge is 0.0249 e. The average molecular weight is 184 g/mol. The lowest BCUT2D eigenvalue weighted by atomic mass is 9.94. The predicted molar refractivity (Wildman–Crippen MR) is 57.8 cm³/mol. The molecule has 1 saturated carbocycles. The molecule has 1 rings (SSSR count). The Kier molecular flexibility index (Phi) is 4.20. The summed E-state index contributed by atoms with van der Waals surface area (Å²) in [6.07, 6.45) is 7.95. The van der Waals surface area contributed by atoms with E-state index in [1.807, 2.05) is 0 Å². The molecule has 2 heteroatoms. The molecule has 1 aliphatic carbocycles. The van der Waals surface area contributed by atoms with E-state index >= 15 is 0 Å². The van der Waals surface area contributed by atoms with Crippen LogP contribution in [0.5, 0.6) is 0 Å². The minimum absolute atomic E-state index is 0.0164. The first kappa shape index (κ1) is 11.0. The molecule has 0 heterocycles. The number of hydrogen-bond donors (Lipinski definition) is 2. The van der Waals surface area contributed by atoms with Gasteiger partial charge >= 0.3 is 0 Å². The fourth-order valence-electron chi connectivity index (χ4n) is 1.81. The van der Waals surface area contributed by atoms with E-state index in [1.54, 1.807) is 0 Å². The lowest BCUT2D eigenvalue weighted by Gasteiger charge is -2.29. The van der Waals surface area contributed by atoms with Gasteiger partial charge in [-0.15, -0.1) is 0 Å². The molecule has 0 aromatic rings. The summed E-state index contributed by atoms with van der Waals surface area (Å²) in [7, 11) is 0. The minimum atomic E-state index is -0.0164. The Morgan fingerprint density at radius 2 is 1.92 bits per heavy atom. The van der Waals surface area contributed by atoms with E-state index in [4.69, 9.17) is 5.73 Å². The third-order valence-electron chi connectivity index (χ3n) is 3.21. The number of hydrogen-bond acceptors (Lipinski definition) is 2. The van der Waals surface area contributed by atoms with E-state index in [2.05, 4.69) is 19.2 Å². The fraction of sp³-hybridized carbons (Fsp3) is 1.00. The molecule has 1 atom stereocenters. The molecule has 3 N–H and O–H groups in total. The van der Waals surface area contributed by atoms with Crippen molar-refractivity contribution < 1.29 is 0 Å². The summed E-state index contributed by atoms with van der Waals surface area (Å²) in [4.78, 5) is 0. The Hall–Kier alpha value is -0.0800. The molecule has 0 radical (unpaired) electrons. The number of rotatable bonds is 4. The van der Waals surface area contributed by atoms with Crippen LogP contribution in [0, 0.1) is 0 Å². The maximum Gasteiger partial charge on any atom is 0.0249 e. The number of nitrogens with two attached hydrogens (primary N) is 1. The zero-order valence-electron chi connectivity index (χ0n) is 9.10. The van der Waals surface area contributed by atoms with Gasteiger partial charge in [-0.25, -0.2) is 0 Å². The van der Waals surface area contributed by atoms with Gasteiger partial charge < -0.3 is 11.1 Å². The highest BCUT2D eigenvalue weighted by molar-refractivity contribution is 4.82. The van der Waals surface area contributed by atoms with Gasteiger partial charge in [0.2, 0.25) is 0 Å². The summed E-state index contributed by atoms with van der Waals surface area (Å²) in [6, 6.07) is 0.739. The van der Waals surface area contributed by atoms with Crippen molar-refractivity contribution in [2.45, 2.75) is 64.0 Å². The fourth-order valence-corrected chi connectivity index (χ4v) is 1.81. The van der Waals surface area contributed by atoms with E-state index in [0.29, 0.717) is 0 Å². The molecule has 0 spiro atoms. The molecule has 13 heavy (non-hydrogen) atoms. The van der Waals surface area contributed by atoms with Gasteiger partial charge in [-0.3, -0.25) is 0 Å². The first-order chi connectivity index (χ1) is 6.14. The van der Waals surface area contributed by atoms with Crippen molar-refractivity contribution in [1.82, 2.24) is 5.32 Å². The molecule has 0 bridgehead atoms.